The van der Waals surface area contributed by atoms with Gasteiger partial charge in [0.05, 0.1) is 13.3 Å². The van der Waals surface area contributed by atoms with E-state index in [0.29, 0.717) is 11.1 Å². The summed E-state index contributed by atoms with van der Waals surface area (Å²) in [5.41, 5.74) is 6.49. The molecule has 19 heavy (non-hydrogen) atoms. The van der Waals surface area contributed by atoms with Crippen molar-refractivity contribution in [2.45, 2.75) is 4.90 Å². The Bertz CT molecular complexity index is 725. The van der Waals surface area contributed by atoms with E-state index in [4.69, 9.17) is 10.5 Å². The quantitative estimate of drug-likeness (QED) is 0.883. The number of methoxy groups -OCH3 is 1. The Morgan fingerprint density at radius 1 is 1.42 bits per heavy atom. The molecule has 8 heteroatoms. The highest BCUT2D eigenvalue weighted by Gasteiger charge is 2.22. The molecule has 102 valence electrons. The number of nitrogens with zero attached hydrogens (tertiary/aromatic N) is 1. The molecule has 6 nitrogen and oxygen atoms in total. The normalized spacial score (nSPS) is 11.5. The van der Waals surface area contributed by atoms with Crippen molar-refractivity contribution in [2.75, 3.05) is 19.1 Å². The summed E-state index contributed by atoms with van der Waals surface area (Å²) in [5.74, 6) is -0.705. The van der Waals surface area contributed by atoms with Gasteiger partial charge in [-0.3, -0.25) is 5.10 Å². The Hall–Kier alpha value is -2.09. The van der Waals surface area contributed by atoms with Gasteiger partial charge in [-0.15, -0.1) is 0 Å². The number of ether oxygens (including phenoxy) is 1. The molecule has 2 aromatic rings. The van der Waals surface area contributed by atoms with Crippen molar-refractivity contribution >= 4 is 15.7 Å². The number of anilines is 1. The fourth-order valence-electron chi connectivity index (χ4n) is 1.76. The van der Waals surface area contributed by atoms with Crippen LogP contribution in [0.15, 0.2) is 23.2 Å². The number of sulfone groups is 1. The summed E-state index contributed by atoms with van der Waals surface area (Å²) in [5, 5.41) is 6.24. The minimum absolute atomic E-state index is 0.0712. The third-order valence-corrected chi connectivity index (χ3v) is 3.72. The molecule has 2 rings (SSSR count). The second-order valence-corrected chi connectivity index (χ2v) is 5.91. The van der Waals surface area contributed by atoms with Gasteiger partial charge in [0, 0.05) is 11.8 Å². The summed E-state index contributed by atoms with van der Waals surface area (Å²) in [7, 11) is -2.46. The van der Waals surface area contributed by atoms with Gasteiger partial charge >= 0.3 is 0 Å². The second kappa shape index (κ2) is 4.54. The highest BCUT2D eigenvalue weighted by Crippen LogP contribution is 2.34. The highest BCUT2D eigenvalue weighted by molar-refractivity contribution is 7.90. The van der Waals surface area contributed by atoms with Gasteiger partial charge < -0.3 is 10.5 Å². The summed E-state index contributed by atoms with van der Waals surface area (Å²) in [6.45, 7) is 0. The van der Waals surface area contributed by atoms with Crippen molar-refractivity contribution in [3.63, 3.8) is 0 Å². The van der Waals surface area contributed by atoms with Gasteiger partial charge in [0.25, 0.3) is 0 Å². The predicted molar refractivity (Wildman–Crippen MR) is 68.1 cm³/mol. The van der Waals surface area contributed by atoms with Crippen molar-refractivity contribution in [2.24, 2.45) is 0 Å². The number of nitrogens with two attached hydrogens (primary N) is 1. The van der Waals surface area contributed by atoms with Crippen LogP contribution in [-0.4, -0.2) is 32.0 Å². The molecule has 0 saturated carbocycles. The number of aromatic amines is 1. The lowest BCUT2D eigenvalue weighted by Gasteiger charge is -2.10. The molecule has 0 saturated heterocycles. The summed E-state index contributed by atoms with van der Waals surface area (Å²) >= 11 is 0. The van der Waals surface area contributed by atoms with Crippen LogP contribution in [0.4, 0.5) is 10.2 Å². The molecular weight excluding hydrogens is 273 g/mol. The van der Waals surface area contributed by atoms with Crippen LogP contribution in [-0.2, 0) is 9.84 Å². The van der Waals surface area contributed by atoms with E-state index in [2.05, 4.69) is 10.2 Å². The second-order valence-electron chi connectivity index (χ2n) is 3.96. The molecular formula is C11H12FN3O3S. The van der Waals surface area contributed by atoms with Crippen molar-refractivity contribution in [3.05, 3.63) is 24.1 Å². The first-order valence-corrected chi connectivity index (χ1v) is 7.10. The fourth-order valence-corrected chi connectivity index (χ4v) is 2.68. The standard InChI is InChI=1S/C11H12FN3O3S/c1-18-9-4-6(7-5-14-15-11(7)13)3-8(12)10(9)19(2,16)17/h3-5H,1-2H3,(H3,13,14,15). The molecule has 0 atom stereocenters. The zero-order chi connectivity index (χ0) is 14.2. The number of rotatable bonds is 3. The molecule has 0 aliphatic heterocycles. The lowest BCUT2D eigenvalue weighted by molar-refractivity contribution is 0.395. The fraction of sp³-hybridized carbons (Fsp3) is 0.182. The van der Waals surface area contributed by atoms with Crippen LogP contribution in [0.3, 0.4) is 0 Å². The van der Waals surface area contributed by atoms with Gasteiger partial charge in [-0.1, -0.05) is 0 Å². The summed E-state index contributed by atoms with van der Waals surface area (Å²) in [6.07, 6.45) is 2.34. The maximum absolute atomic E-state index is 14.0. The van der Waals surface area contributed by atoms with E-state index >= 15 is 0 Å². The van der Waals surface area contributed by atoms with Gasteiger partial charge in [0.15, 0.2) is 9.84 Å². The molecule has 0 bridgehead atoms. The third-order valence-electron chi connectivity index (χ3n) is 2.58. The molecule has 1 aromatic heterocycles. The average molecular weight is 285 g/mol. The summed E-state index contributed by atoms with van der Waals surface area (Å²) in [6, 6.07) is 2.49. The monoisotopic (exact) mass is 285 g/mol. The van der Waals surface area contributed by atoms with E-state index in [-0.39, 0.29) is 11.6 Å². The number of H-pyrrole nitrogens is 1. The number of hydrogen-bond acceptors (Lipinski definition) is 5. The lowest BCUT2D eigenvalue weighted by atomic mass is 10.1. The molecule has 0 spiro atoms. The maximum Gasteiger partial charge on any atom is 0.182 e. The Kier molecular flexibility index (Phi) is 3.19. The van der Waals surface area contributed by atoms with E-state index in [1.165, 1.54) is 19.4 Å². The third kappa shape index (κ3) is 2.39. The summed E-state index contributed by atoms with van der Waals surface area (Å²) < 4.78 is 42.0. The Morgan fingerprint density at radius 3 is 2.58 bits per heavy atom. The molecule has 0 amide bonds. The van der Waals surface area contributed by atoms with E-state index < -0.39 is 20.5 Å². The molecule has 1 heterocycles. The Morgan fingerprint density at radius 2 is 2.11 bits per heavy atom. The van der Waals surface area contributed by atoms with Crippen LogP contribution in [0, 0.1) is 5.82 Å². The first-order chi connectivity index (χ1) is 8.84. The van der Waals surface area contributed by atoms with E-state index in [0.717, 1.165) is 12.3 Å². The number of aromatic nitrogens is 2. The summed E-state index contributed by atoms with van der Waals surface area (Å²) in [4.78, 5) is -0.471. The lowest BCUT2D eigenvalue weighted by Crippen LogP contribution is -2.04. The average Bonchev–Trinajstić information content (AvgIpc) is 2.72. The molecule has 1 aromatic carbocycles. The highest BCUT2D eigenvalue weighted by atomic mass is 32.2. The van der Waals surface area contributed by atoms with Gasteiger partial charge in [0.2, 0.25) is 0 Å². The molecule has 0 unspecified atom stereocenters. The molecule has 0 aliphatic carbocycles. The van der Waals surface area contributed by atoms with Gasteiger partial charge in [-0.2, -0.15) is 5.10 Å². The first kappa shape index (κ1) is 13.3. The van der Waals surface area contributed by atoms with Crippen LogP contribution >= 0.6 is 0 Å². The predicted octanol–water partition coefficient (Wildman–Crippen LogP) is 1.21. The van der Waals surface area contributed by atoms with Crippen LogP contribution in [0.25, 0.3) is 11.1 Å². The van der Waals surface area contributed by atoms with Crippen molar-refractivity contribution in [1.82, 2.24) is 10.2 Å². The van der Waals surface area contributed by atoms with Crippen LogP contribution in [0.5, 0.6) is 5.75 Å². The number of halogens is 1. The Balaban J connectivity index is 2.71. The zero-order valence-electron chi connectivity index (χ0n) is 10.3. The molecule has 3 N–H and O–H groups in total. The SMILES string of the molecule is COc1cc(-c2cn[nH]c2N)cc(F)c1S(C)(=O)=O. The minimum atomic E-state index is -3.73. The molecule has 0 aliphatic rings. The zero-order valence-corrected chi connectivity index (χ0v) is 11.1. The van der Waals surface area contributed by atoms with Crippen LogP contribution in [0.2, 0.25) is 0 Å². The molecule has 0 radical (unpaired) electrons. The van der Waals surface area contributed by atoms with Crippen molar-refractivity contribution < 1.29 is 17.5 Å². The maximum atomic E-state index is 14.0. The van der Waals surface area contributed by atoms with E-state index in [1.54, 1.807) is 0 Å². The van der Waals surface area contributed by atoms with Gasteiger partial charge in [-0.05, 0) is 17.7 Å². The largest absolute Gasteiger partial charge is 0.495 e. The Labute approximate surface area is 109 Å². The number of nitrogens with one attached hydrogen (secondary N) is 1. The first-order valence-electron chi connectivity index (χ1n) is 5.21. The number of benzene rings is 1. The van der Waals surface area contributed by atoms with Crippen LogP contribution in [0.1, 0.15) is 0 Å². The van der Waals surface area contributed by atoms with Gasteiger partial charge in [-0.25, -0.2) is 12.8 Å². The topological polar surface area (TPSA) is 98.1 Å². The van der Waals surface area contributed by atoms with Crippen LogP contribution < -0.4 is 10.5 Å². The van der Waals surface area contributed by atoms with Gasteiger partial charge in [0.1, 0.15) is 22.3 Å². The van der Waals surface area contributed by atoms with E-state index in [1.807, 2.05) is 0 Å². The smallest absolute Gasteiger partial charge is 0.182 e. The number of hydrogen-bond donors (Lipinski definition) is 2. The van der Waals surface area contributed by atoms with Crippen molar-refractivity contribution in [1.29, 1.82) is 0 Å². The van der Waals surface area contributed by atoms with Crippen molar-refractivity contribution in [3.8, 4) is 16.9 Å². The number of nitrogen functional groups attached to an aromatic ring is 1. The van der Waals surface area contributed by atoms with E-state index in [9.17, 15) is 12.8 Å². The minimum Gasteiger partial charge on any atom is -0.495 e. The molecule has 0 fully saturated rings.